The number of nitrogens with zero attached hydrogens (tertiary/aromatic N) is 2. The predicted molar refractivity (Wildman–Crippen MR) is 114 cm³/mol. The Balaban J connectivity index is 1.74. The molecule has 1 unspecified atom stereocenters. The molecule has 1 aliphatic rings. The Kier molecular flexibility index (Phi) is 6.39. The molecule has 0 spiro atoms. The Morgan fingerprint density at radius 3 is 2.41 bits per heavy atom. The first-order valence-electron chi connectivity index (χ1n) is 9.95. The van der Waals surface area contributed by atoms with Gasteiger partial charge in [-0.2, -0.15) is 5.10 Å². The summed E-state index contributed by atoms with van der Waals surface area (Å²) in [5.41, 5.74) is 2.02. The van der Waals surface area contributed by atoms with Crippen LogP contribution in [0.15, 0.2) is 35.2 Å². The monoisotopic (exact) mass is 437 g/mol. The second kappa shape index (κ2) is 8.48. The van der Waals surface area contributed by atoms with E-state index in [9.17, 15) is 13.2 Å². The van der Waals surface area contributed by atoms with Crippen LogP contribution in [0.4, 0.5) is 0 Å². The number of carbonyl (C=O) groups excluding carboxylic acids is 1. The van der Waals surface area contributed by atoms with E-state index < -0.39 is 20.5 Å². The lowest BCUT2D eigenvalue weighted by Gasteiger charge is -2.28. The van der Waals surface area contributed by atoms with Crippen molar-refractivity contribution >= 4 is 27.3 Å². The third-order valence-corrected chi connectivity index (χ3v) is 8.43. The minimum absolute atomic E-state index is 0.119. The highest BCUT2D eigenvalue weighted by Crippen LogP contribution is 2.41. The van der Waals surface area contributed by atoms with Crippen molar-refractivity contribution in [3.8, 4) is 0 Å². The summed E-state index contributed by atoms with van der Waals surface area (Å²) in [5, 5.41) is 7.83. The summed E-state index contributed by atoms with van der Waals surface area (Å²) < 4.78 is 27.3. The first-order chi connectivity index (χ1) is 13.7. The maximum absolute atomic E-state index is 13.4. The standard InChI is InChI=1S/C21H28ClN3O3S/c1-15(14-25-17(3)12-16(2)24-25)13-23-20(26)21(10-4-5-11-21)29(27,28)19-8-6-18(22)7-9-19/h6-9,12,15H,4-5,10-11,13-14H2,1-3H3,(H,23,26). The molecule has 158 valence electrons. The summed E-state index contributed by atoms with van der Waals surface area (Å²) in [6.07, 6.45) is 2.13. The molecule has 0 radical (unpaired) electrons. The summed E-state index contributed by atoms with van der Waals surface area (Å²) in [6.45, 7) is 7.02. The first kappa shape index (κ1) is 21.8. The van der Waals surface area contributed by atoms with Gasteiger partial charge in [0.25, 0.3) is 0 Å². The van der Waals surface area contributed by atoms with Crippen LogP contribution in [0, 0.1) is 19.8 Å². The summed E-state index contributed by atoms with van der Waals surface area (Å²) >= 11 is 5.90. The minimum atomic E-state index is -3.81. The number of hydrogen-bond donors (Lipinski definition) is 1. The highest BCUT2D eigenvalue weighted by atomic mass is 35.5. The number of sulfone groups is 1. The molecule has 1 saturated carbocycles. The van der Waals surface area contributed by atoms with Crippen LogP contribution in [0.3, 0.4) is 0 Å². The van der Waals surface area contributed by atoms with Crippen molar-refractivity contribution in [1.29, 1.82) is 0 Å². The van der Waals surface area contributed by atoms with Gasteiger partial charge in [0.1, 0.15) is 0 Å². The topological polar surface area (TPSA) is 81.1 Å². The molecular formula is C21H28ClN3O3S. The van der Waals surface area contributed by atoms with Crippen molar-refractivity contribution in [3.05, 3.63) is 46.7 Å². The van der Waals surface area contributed by atoms with Gasteiger partial charge >= 0.3 is 0 Å². The number of rotatable bonds is 7. The number of aryl methyl sites for hydroxylation is 2. The second-order valence-electron chi connectivity index (χ2n) is 8.08. The summed E-state index contributed by atoms with van der Waals surface area (Å²) in [7, 11) is -3.81. The lowest BCUT2D eigenvalue weighted by atomic mass is 10.1. The fraction of sp³-hybridized carbons (Fsp3) is 0.524. The molecule has 1 fully saturated rings. The molecule has 1 atom stereocenters. The zero-order valence-corrected chi connectivity index (χ0v) is 18.7. The maximum atomic E-state index is 13.4. The van der Waals surface area contributed by atoms with Gasteiger partial charge in [0.05, 0.1) is 10.6 Å². The molecule has 2 aromatic rings. The average molecular weight is 438 g/mol. The molecule has 1 aliphatic carbocycles. The summed E-state index contributed by atoms with van der Waals surface area (Å²) in [4.78, 5) is 13.3. The lowest BCUT2D eigenvalue weighted by molar-refractivity contribution is -0.123. The zero-order chi connectivity index (χ0) is 21.2. The van der Waals surface area contributed by atoms with E-state index in [-0.39, 0.29) is 10.8 Å². The molecule has 0 saturated heterocycles. The maximum Gasteiger partial charge on any atom is 0.241 e. The SMILES string of the molecule is Cc1cc(C)n(CC(C)CNC(=O)C2(S(=O)(=O)c3ccc(Cl)cc3)CCCC2)n1. The normalized spacial score (nSPS) is 17.2. The van der Waals surface area contributed by atoms with Gasteiger partial charge in [-0.3, -0.25) is 9.48 Å². The first-order valence-corrected chi connectivity index (χ1v) is 11.8. The van der Waals surface area contributed by atoms with E-state index in [1.54, 1.807) is 12.1 Å². The van der Waals surface area contributed by atoms with E-state index in [1.807, 2.05) is 31.5 Å². The molecule has 1 aromatic carbocycles. The van der Waals surface area contributed by atoms with E-state index in [4.69, 9.17) is 11.6 Å². The van der Waals surface area contributed by atoms with Crippen molar-refractivity contribution in [2.45, 2.75) is 62.6 Å². The molecule has 1 aromatic heterocycles. The average Bonchev–Trinajstić information content (AvgIpc) is 3.28. The van der Waals surface area contributed by atoms with Gasteiger partial charge in [0.15, 0.2) is 14.6 Å². The number of aromatic nitrogens is 2. The summed E-state index contributed by atoms with van der Waals surface area (Å²) in [6, 6.07) is 8.07. The fourth-order valence-corrected chi connectivity index (χ4v) is 6.26. The molecular weight excluding hydrogens is 410 g/mol. The van der Waals surface area contributed by atoms with Crippen LogP contribution in [0.5, 0.6) is 0 Å². The molecule has 29 heavy (non-hydrogen) atoms. The van der Waals surface area contributed by atoms with Crippen LogP contribution in [-0.4, -0.2) is 35.4 Å². The summed E-state index contributed by atoms with van der Waals surface area (Å²) in [5.74, 6) is -0.279. The molecule has 1 amide bonds. The Hall–Kier alpha value is -1.86. The number of hydrogen-bond acceptors (Lipinski definition) is 4. The quantitative estimate of drug-likeness (QED) is 0.716. The van der Waals surface area contributed by atoms with Gasteiger partial charge in [0, 0.05) is 23.8 Å². The van der Waals surface area contributed by atoms with Crippen LogP contribution >= 0.6 is 11.6 Å². The van der Waals surface area contributed by atoms with Gasteiger partial charge in [-0.1, -0.05) is 31.4 Å². The Labute approximate surface area is 177 Å². The third-order valence-electron chi connectivity index (χ3n) is 5.66. The molecule has 1 heterocycles. The van der Waals surface area contributed by atoms with E-state index >= 15 is 0 Å². The van der Waals surface area contributed by atoms with Crippen molar-refractivity contribution in [2.75, 3.05) is 6.54 Å². The van der Waals surface area contributed by atoms with Gasteiger partial charge < -0.3 is 5.32 Å². The van der Waals surface area contributed by atoms with Crippen LogP contribution < -0.4 is 5.32 Å². The minimum Gasteiger partial charge on any atom is -0.354 e. The Morgan fingerprint density at radius 1 is 1.24 bits per heavy atom. The van der Waals surface area contributed by atoms with Gasteiger partial charge in [-0.25, -0.2) is 8.42 Å². The number of carbonyl (C=O) groups is 1. The van der Waals surface area contributed by atoms with Crippen molar-refractivity contribution in [1.82, 2.24) is 15.1 Å². The number of nitrogens with one attached hydrogen (secondary N) is 1. The molecule has 3 rings (SSSR count). The largest absolute Gasteiger partial charge is 0.354 e. The molecule has 0 bridgehead atoms. The lowest BCUT2D eigenvalue weighted by Crippen LogP contribution is -2.51. The third kappa shape index (κ3) is 4.36. The van der Waals surface area contributed by atoms with E-state index in [0.717, 1.165) is 24.2 Å². The molecule has 0 aliphatic heterocycles. The van der Waals surface area contributed by atoms with Crippen molar-refractivity contribution < 1.29 is 13.2 Å². The van der Waals surface area contributed by atoms with E-state index in [1.165, 1.54) is 12.1 Å². The van der Waals surface area contributed by atoms with Gasteiger partial charge in [-0.05, 0) is 62.9 Å². The second-order valence-corrected chi connectivity index (χ2v) is 10.8. The van der Waals surface area contributed by atoms with Crippen LogP contribution in [-0.2, 0) is 21.2 Å². The highest BCUT2D eigenvalue weighted by molar-refractivity contribution is 7.93. The zero-order valence-electron chi connectivity index (χ0n) is 17.1. The van der Waals surface area contributed by atoms with E-state index in [0.29, 0.717) is 31.0 Å². The number of benzene rings is 1. The van der Waals surface area contributed by atoms with Crippen LogP contribution in [0.2, 0.25) is 5.02 Å². The van der Waals surface area contributed by atoms with Gasteiger partial charge in [0.2, 0.25) is 5.91 Å². The Morgan fingerprint density at radius 2 is 1.86 bits per heavy atom. The molecule has 8 heteroatoms. The highest BCUT2D eigenvalue weighted by Gasteiger charge is 2.52. The molecule has 1 N–H and O–H groups in total. The fourth-order valence-electron chi connectivity index (χ4n) is 4.05. The predicted octanol–water partition coefficient (Wildman–Crippen LogP) is 3.69. The number of halogens is 1. The van der Waals surface area contributed by atoms with E-state index in [2.05, 4.69) is 10.4 Å². The van der Waals surface area contributed by atoms with Crippen LogP contribution in [0.1, 0.15) is 44.0 Å². The van der Waals surface area contributed by atoms with Crippen molar-refractivity contribution in [2.24, 2.45) is 5.92 Å². The molecule has 6 nitrogen and oxygen atoms in total. The van der Waals surface area contributed by atoms with Crippen molar-refractivity contribution in [3.63, 3.8) is 0 Å². The van der Waals surface area contributed by atoms with Gasteiger partial charge in [-0.15, -0.1) is 0 Å². The smallest absolute Gasteiger partial charge is 0.241 e. The van der Waals surface area contributed by atoms with Crippen LogP contribution in [0.25, 0.3) is 0 Å². The number of amides is 1. The Bertz CT molecular complexity index is 977.